The highest BCUT2D eigenvalue weighted by atomic mass is 32.2. The fraction of sp³-hybridized carbons (Fsp3) is 0.714. The summed E-state index contributed by atoms with van der Waals surface area (Å²) in [6.45, 7) is 5.47. The first kappa shape index (κ1) is 17.0. The van der Waals surface area contributed by atoms with Gasteiger partial charge in [-0.25, -0.2) is 4.98 Å². The highest BCUT2D eigenvalue weighted by Gasteiger charge is 2.21. The van der Waals surface area contributed by atoms with E-state index in [1.807, 2.05) is 30.4 Å². The zero-order valence-corrected chi connectivity index (χ0v) is 15.2. The predicted molar refractivity (Wildman–Crippen MR) is 96.9 cm³/mol. The Hall–Kier alpha value is -0.400. The average molecular weight is 345 g/mol. The van der Waals surface area contributed by atoms with Gasteiger partial charge in [-0.3, -0.25) is 4.99 Å². The summed E-state index contributed by atoms with van der Waals surface area (Å²) in [4.78, 5) is 11.1. The molecule has 7 heteroatoms. The zero-order valence-electron chi connectivity index (χ0n) is 12.7. The number of rotatable bonds is 6. The highest BCUT2D eigenvalue weighted by Crippen LogP contribution is 2.21. The number of nitrogens with one attached hydrogen (secondary N) is 1. The van der Waals surface area contributed by atoms with Gasteiger partial charge in [0.2, 0.25) is 0 Å². The molecule has 0 spiro atoms. The van der Waals surface area contributed by atoms with E-state index in [0.29, 0.717) is 0 Å². The molecule has 0 aliphatic carbocycles. The van der Waals surface area contributed by atoms with E-state index in [9.17, 15) is 0 Å². The van der Waals surface area contributed by atoms with Crippen LogP contribution in [0.2, 0.25) is 0 Å². The molecule has 1 unspecified atom stereocenters. The fourth-order valence-electron chi connectivity index (χ4n) is 2.20. The van der Waals surface area contributed by atoms with Crippen molar-refractivity contribution in [2.75, 3.05) is 38.2 Å². The van der Waals surface area contributed by atoms with Crippen LogP contribution in [-0.2, 0) is 0 Å². The average Bonchev–Trinajstić information content (AvgIpc) is 3.04. The van der Waals surface area contributed by atoms with Gasteiger partial charge >= 0.3 is 0 Å². The molecule has 1 aliphatic heterocycles. The number of nitrogens with zero attached hydrogens (tertiary/aromatic N) is 3. The Labute approximate surface area is 140 Å². The van der Waals surface area contributed by atoms with Gasteiger partial charge in [0.1, 0.15) is 4.34 Å². The van der Waals surface area contributed by atoms with E-state index in [2.05, 4.69) is 38.9 Å². The summed E-state index contributed by atoms with van der Waals surface area (Å²) >= 11 is 5.64. The second-order valence-corrected chi connectivity index (χ2v) is 8.47. The fourth-order valence-corrected chi connectivity index (χ4v) is 5.03. The van der Waals surface area contributed by atoms with Gasteiger partial charge in [-0.15, -0.1) is 11.3 Å². The topological polar surface area (TPSA) is 40.5 Å². The molecule has 118 valence electrons. The smallest absolute Gasteiger partial charge is 0.193 e. The molecule has 0 radical (unpaired) electrons. The Morgan fingerprint density at radius 3 is 3.24 bits per heavy atom. The number of thiazole rings is 1. The Kier molecular flexibility index (Phi) is 7.74. The van der Waals surface area contributed by atoms with Crippen molar-refractivity contribution < 1.29 is 0 Å². The lowest BCUT2D eigenvalue weighted by Gasteiger charge is -2.34. The van der Waals surface area contributed by atoms with E-state index in [4.69, 9.17) is 0 Å². The summed E-state index contributed by atoms with van der Waals surface area (Å²) in [5.74, 6) is 3.37. The normalized spacial score (nSPS) is 19.8. The lowest BCUT2D eigenvalue weighted by atomic mass is 10.3. The molecule has 21 heavy (non-hydrogen) atoms. The van der Waals surface area contributed by atoms with Crippen LogP contribution in [0.3, 0.4) is 0 Å². The van der Waals surface area contributed by atoms with Crippen LogP contribution in [0.1, 0.15) is 19.8 Å². The van der Waals surface area contributed by atoms with E-state index >= 15 is 0 Å². The molecule has 1 N–H and O–H groups in total. The monoisotopic (exact) mass is 344 g/mol. The van der Waals surface area contributed by atoms with Gasteiger partial charge in [0, 0.05) is 55.0 Å². The summed E-state index contributed by atoms with van der Waals surface area (Å²) in [7, 11) is 1.88. The molecule has 1 fully saturated rings. The van der Waals surface area contributed by atoms with Crippen molar-refractivity contribution in [3.8, 4) is 0 Å². The number of hydrogen-bond donors (Lipinski definition) is 1. The maximum absolute atomic E-state index is 4.43. The molecule has 0 bridgehead atoms. The maximum atomic E-state index is 4.43. The van der Waals surface area contributed by atoms with Crippen molar-refractivity contribution in [3.63, 3.8) is 0 Å². The first-order chi connectivity index (χ1) is 10.3. The number of hydrogen-bond acceptors (Lipinski definition) is 5. The quantitative estimate of drug-likeness (QED) is 0.372. The van der Waals surface area contributed by atoms with Crippen LogP contribution < -0.4 is 5.32 Å². The minimum Gasteiger partial charge on any atom is -0.356 e. The van der Waals surface area contributed by atoms with E-state index < -0.39 is 0 Å². The number of aromatic nitrogens is 1. The summed E-state index contributed by atoms with van der Waals surface area (Å²) in [6, 6.07) is 0. The van der Waals surface area contributed by atoms with Crippen LogP contribution >= 0.6 is 34.9 Å². The third-order valence-corrected chi connectivity index (χ3v) is 6.77. The Morgan fingerprint density at radius 1 is 1.62 bits per heavy atom. The van der Waals surface area contributed by atoms with Crippen molar-refractivity contribution in [1.82, 2.24) is 15.2 Å². The van der Waals surface area contributed by atoms with Gasteiger partial charge in [0.15, 0.2) is 5.96 Å². The summed E-state index contributed by atoms with van der Waals surface area (Å²) in [5, 5.41) is 6.28. The minimum absolute atomic E-state index is 0.748. The Morgan fingerprint density at radius 2 is 2.52 bits per heavy atom. The maximum Gasteiger partial charge on any atom is 0.193 e. The van der Waals surface area contributed by atoms with Gasteiger partial charge in [-0.1, -0.05) is 18.7 Å². The second kappa shape index (κ2) is 9.58. The lowest BCUT2D eigenvalue weighted by Crippen LogP contribution is -2.48. The molecule has 2 heterocycles. The van der Waals surface area contributed by atoms with Crippen molar-refractivity contribution in [2.24, 2.45) is 4.99 Å². The molecule has 1 atom stereocenters. The van der Waals surface area contributed by atoms with Gasteiger partial charge in [0.05, 0.1) is 0 Å². The predicted octanol–water partition coefficient (Wildman–Crippen LogP) is 3.03. The molecule has 0 aromatic carbocycles. The van der Waals surface area contributed by atoms with Crippen LogP contribution in [0.5, 0.6) is 0 Å². The van der Waals surface area contributed by atoms with E-state index in [0.717, 1.165) is 43.0 Å². The number of guanidine groups is 1. The molecular formula is C14H24N4S3. The molecule has 1 saturated heterocycles. The van der Waals surface area contributed by atoms with E-state index in [1.54, 1.807) is 11.3 Å². The van der Waals surface area contributed by atoms with Crippen molar-refractivity contribution >= 4 is 40.8 Å². The van der Waals surface area contributed by atoms with Crippen LogP contribution in [0.15, 0.2) is 20.9 Å². The largest absolute Gasteiger partial charge is 0.356 e. The Balaban J connectivity index is 1.65. The van der Waals surface area contributed by atoms with Crippen molar-refractivity contribution in [3.05, 3.63) is 11.6 Å². The van der Waals surface area contributed by atoms with Crippen molar-refractivity contribution in [1.29, 1.82) is 0 Å². The number of thioether (sulfide) groups is 2. The second-order valence-electron chi connectivity index (χ2n) is 4.82. The van der Waals surface area contributed by atoms with Gasteiger partial charge in [0.25, 0.3) is 0 Å². The molecular weight excluding hydrogens is 320 g/mol. The van der Waals surface area contributed by atoms with Gasteiger partial charge < -0.3 is 10.2 Å². The molecule has 4 nitrogen and oxygen atoms in total. The van der Waals surface area contributed by atoms with Gasteiger partial charge in [-0.05, 0) is 12.8 Å². The van der Waals surface area contributed by atoms with E-state index in [1.165, 1.54) is 16.5 Å². The number of aliphatic imine (C=N–C) groups is 1. The highest BCUT2D eigenvalue weighted by molar-refractivity contribution is 8.01. The molecule has 1 aliphatic rings. The molecule has 0 saturated carbocycles. The summed E-state index contributed by atoms with van der Waals surface area (Å²) in [5.41, 5.74) is 0. The van der Waals surface area contributed by atoms with Crippen LogP contribution in [0.25, 0.3) is 0 Å². The third-order valence-electron chi connectivity index (χ3n) is 3.34. The molecule has 1 aromatic heterocycles. The lowest BCUT2D eigenvalue weighted by molar-refractivity contribution is 0.408. The summed E-state index contributed by atoms with van der Waals surface area (Å²) < 4.78 is 1.17. The minimum atomic E-state index is 0.748. The van der Waals surface area contributed by atoms with Crippen LogP contribution in [0, 0.1) is 0 Å². The standard InChI is InChI=1S/C14H24N4S3/c1-3-12-11-18(7-10-19-12)13(15-2)16-5-4-8-20-14-17-6-9-21-14/h6,9,12H,3-5,7-8,10-11H2,1-2H3,(H,15,16). The molecule has 1 aromatic rings. The SMILES string of the molecule is CCC1CN(C(=NC)NCCCSc2nccs2)CCS1. The van der Waals surface area contributed by atoms with Crippen LogP contribution in [0.4, 0.5) is 0 Å². The van der Waals surface area contributed by atoms with E-state index in [-0.39, 0.29) is 0 Å². The van der Waals surface area contributed by atoms with Gasteiger partial charge in [-0.2, -0.15) is 11.8 Å². The summed E-state index contributed by atoms with van der Waals surface area (Å²) in [6.07, 6.45) is 4.23. The zero-order chi connectivity index (χ0) is 14.9. The Bertz CT molecular complexity index is 422. The third kappa shape index (κ3) is 5.71. The van der Waals surface area contributed by atoms with Crippen molar-refractivity contribution in [2.45, 2.75) is 29.4 Å². The van der Waals surface area contributed by atoms with Crippen LogP contribution in [-0.4, -0.2) is 59.3 Å². The first-order valence-electron chi connectivity index (χ1n) is 7.43. The molecule has 2 rings (SSSR count). The molecule has 0 amide bonds. The first-order valence-corrected chi connectivity index (χ1v) is 10.3.